The van der Waals surface area contributed by atoms with E-state index in [2.05, 4.69) is 10.6 Å². The van der Waals surface area contributed by atoms with Gasteiger partial charge in [-0.15, -0.1) is 0 Å². The Morgan fingerprint density at radius 2 is 1.40 bits per heavy atom. The van der Waals surface area contributed by atoms with Gasteiger partial charge in [-0.25, -0.2) is 13.2 Å². The molecule has 0 saturated carbocycles. The average molecular weight is 635 g/mol. The smallest absolute Gasteiger partial charge is 0.372 e. The molecule has 0 rings (SSSR count). The summed E-state index contributed by atoms with van der Waals surface area (Å²) in [7, 11) is -3.56. The van der Waals surface area contributed by atoms with Crippen molar-refractivity contribution in [1.29, 1.82) is 0 Å². The highest BCUT2D eigenvalue weighted by Gasteiger charge is 2.33. The number of carboxylic acid groups (broad SMARTS) is 1. The van der Waals surface area contributed by atoms with Crippen LogP contribution in [0.1, 0.15) is 79.1 Å². The number of aliphatic hydroxyl groups excluding tert-OH is 1. The lowest BCUT2D eigenvalue weighted by molar-refractivity contribution is -0.151. The number of nitrogens with two attached hydrogens (primary N) is 2. The third-order valence-electron chi connectivity index (χ3n) is 7.05. The Hall–Kier alpha value is -2.75. The first-order chi connectivity index (χ1) is 20.0. The number of carbonyl (C=O) groups is 6. The first-order valence-corrected chi connectivity index (χ1v) is 16.5. The summed E-state index contributed by atoms with van der Waals surface area (Å²) in [6, 6.07) is -2.47. The lowest BCUT2D eigenvalue weighted by Gasteiger charge is -2.25. The zero-order chi connectivity index (χ0) is 33.3. The summed E-state index contributed by atoms with van der Waals surface area (Å²) in [5.41, 5.74) is 11.1. The number of Topliss-reactive ketones (excluding diaryl/α,β-unsaturated/α-hetero) is 3. The molecule has 15 heteroatoms. The first kappa shape index (κ1) is 40.2. The van der Waals surface area contributed by atoms with E-state index >= 15 is 0 Å². The number of carbonyl (C=O) groups excluding carboxylic acids is 5. The molecular formula is C28H50N4O10S. The number of sulfone groups is 1. The van der Waals surface area contributed by atoms with E-state index in [1.807, 2.05) is 6.92 Å². The SMILES string of the molecule is CCCCS(=O)(=O)C[C@@H](CCN)C(=O)N[C@H](C(=O)C[C@@H](C)C(=O)N[C@@H](CCCCN)C(=O)C[C@@H](C)C(=O)C(=O)O)[C@@H](C)O. The summed E-state index contributed by atoms with van der Waals surface area (Å²) in [4.78, 5) is 74.6. The molecule has 248 valence electrons. The fourth-order valence-corrected chi connectivity index (χ4v) is 6.20. The maximum absolute atomic E-state index is 13.1. The quantitative estimate of drug-likeness (QED) is 0.0580. The van der Waals surface area contributed by atoms with Gasteiger partial charge in [-0.3, -0.25) is 24.0 Å². The Balaban J connectivity index is 5.55. The van der Waals surface area contributed by atoms with Crippen molar-refractivity contribution >= 4 is 45.0 Å². The van der Waals surface area contributed by atoms with Crippen LogP contribution in [0.2, 0.25) is 0 Å². The second-order valence-corrected chi connectivity index (χ2v) is 13.4. The van der Waals surface area contributed by atoms with Crippen LogP contribution in [-0.4, -0.2) is 96.5 Å². The summed E-state index contributed by atoms with van der Waals surface area (Å²) < 4.78 is 24.9. The molecule has 14 nitrogen and oxygen atoms in total. The van der Waals surface area contributed by atoms with Gasteiger partial charge < -0.3 is 32.3 Å². The molecule has 0 bridgehead atoms. The van der Waals surface area contributed by atoms with Gasteiger partial charge in [-0.05, 0) is 52.1 Å². The highest BCUT2D eigenvalue weighted by Crippen LogP contribution is 2.15. The largest absolute Gasteiger partial charge is 0.475 e. The van der Waals surface area contributed by atoms with E-state index in [0.29, 0.717) is 32.2 Å². The van der Waals surface area contributed by atoms with Crippen LogP contribution < -0.4 is 22.1 Å². The van der Waals surface area contributed by atoms with Gasteiger partial charge in [0.1, 0.15) is 6.04 Å². The molecule has 0 saturated heterocycles. The van der Waals surface area contributed by atoms with E-state index in [0.717, 1.165) is 0 Å². The minimum absolute atomic E-state index is 0.0281. The van der Waals surface area contributed by atoms with Crippen LogP contribution in [0.25, 0.3) is 0 Å². The maximum atomic E-state index is 13.1. The van der Waals surface area contributed by atoms with E-state index in [4.69, 9.17) is 16.6 Å². The van der Waals surface area contributed by atoms with Gasteiger partial charge in [0.15, 0.2) is 21.4 Å². The number of unbranched alkanes of at least 4 members (excludes halogenated alkanes) is 2. The zero-order valence-electron chi connectivity index (χ0n) is 25.7. The molecule has 0 radical (unpaired) electrons. The van der Waals surface area contributed by atoms with Gasteiger partial charge >= 0.3 is 5.97 Å². The summed E-state index contributed by atoms with van der Waals surface area (Å²) in [5.74, 6) is -9.11. The van der Waals surface area contributed by atoms with Gasteiger partial charge in [0, 0.05) is 24.7 Å². The zero-order valence-corrected chi connectivity index (χ0v) is 26.5. The van der Waals surface area contributed by atoms with Gasteiger partial charge in [-0.2, -0.15) is 0 Å². The van der Waals surface area contributed by atoms with Crippen molar-refractivity contribution in [3.63, 3.8) is 0 Å². The van der Waals surface area contributed by atoms with E-state index < -0.39 is 99.5 Å². The van der Waals surface area contributed by atoms with Crippen molar-refractivity contribution in [2.45, 2.75) is 97.2 Å². The molecule has 0 aromatic carbocycles. The van der Waals surface area contributed by atoms with E-state index in [-0.39, 0.29) is 25.1 Å². The van der Waals surface area contributed by atoms with E-state index in [1.54, 1.807) is 0 Å². The summed E-state index contributed by atoms with van der Waals surface area (Å²) in [5, 5.41) is 24.1. The normalized spacial score (nSPS) is 15.8. The van der Waals surface area contributed by atoms with Crippen molar-refractivity contribution < 1.29 is 47.4 Å². The molecule has 0 spiro atoms. The van der Waals surface area contributed by atoms with Crippen LogP contribution in [0.3, 0.4) is 0 Å². The van der Waals surface area contributed by atoms with Crippen molar-refractivity contribution in [3.8, 4) is 0 Å². The van der Waals surface area contributed by atoms with Crippen LogP contribution in [0.4, 0.5) is 0 Å². The summed E-state index contributed by atoms with van der Waals surface area (Å²) in [6.45, 7) is 6.21. The molecule has 2 amide bonds. The fourth-order valence-electron chi connectivity index (χ4n) is 4.38. The number of nitrogens with one attached hydrogen (secondary N) is 2. The highest BCUT2D eigenvalue weighted by molar-refractivity contribution is 7.91. The Kier molecular flexibility index (Phi) is 19.0. The molecule has 43 heavy (non-hydrogen) atoms. The Morgan fingerprint density at radius 1 is 0.791 bits per heavy atom. The van der Waals surface area contributed by atoms with E-state index in [9.17, 15) is 42.3 Å². The molecule has 0 fully saturated rings. The lowest BCUT2D eigenvalue weighted by atomic mass is 9.92. The average Bonchev–Trinajstić information content (AvgIpc) is 2.92. The summed E-state index contributed by atoms with van der Waals surface area (Å²) in [6.07, 6.45) is 0.167. The van der Waals surface area contributed by atoms with Crippen LogP contribution >= 0.6 is 0 Å². The number of hydrogen-bond donors (Lipinski definition) is 6. The van der Waals surface area contributed by atoms with Gasteiger partial charge in [0.2, 0.25) is 17.6 Å². The molecule has 0 aromatic heterocycles. The number of rotatable bonds is 24. The fraction of sp³-hybridized carbons (Fsp3) is 0.786. The Labute approximate surface area is 254 Å². The minimum Gasteiger partial charge on any atom is -0.475 e. The van der Waals surface area contributed by atoms with Crippen molar-refractivity contribution in [2.24, 2.45) is 29.2 Å². The number of aliphatic hydroxyl groups is 1. The number of amides is 2. The topological polar surface area (TPSA) is 253 Å². The molecule has 0 aliphatic heterocycles. The van der Waals surface area contributed by atoms with Gasteiger partial charge in [-0.1, -0.05) is 27.2 Å². The molecule has 0 aromatic rings. The van der Waals surface area contributed by atoms with Crippen LogP contribution in [0.15, 0.2) is 0 Å². The highest BCUT2D eigenvalue weighted by atomic mass is 32.2. The minimum atomic E-state index is -3.56. The van der Waals surface area contributed by atoms with Crippen LogP contribution in [-0.2, 0) is 38.6 Å². The monoisotopic (exact) mass is 634 g/mol. The predicted molar refractivity (Wildman–Crippen MR) is 159 cm³/mol. The van der Waals surface area contributed by atoms with Crippen LogP contribution in [0.5, 0.6) is 0 Å². The molecular weight excluding hydrogens is 584 g/mol. The molecule has 8 N–H and O–H groups in total. The standard InChI is InChI=1S/C28H50N4O10S/c1-5-6-13-43(41,42)16-20(10-12-30)27(38)32-24(19(4)33)23(35)15-18(3)26(37)31-21(9-7-8-11-29)22(34)14-17(2)25(36)28(39)40/h17-21,24,33H,5-16,29-30H2,1-4H3,(H,31,37)(H,32,38)(H,39,40)/t17-,18-,19-,20-,21+,24+/m1/s1. The van der Waals surface area contributed by atoms with Gasteiger partial charge in [0.05, 0.1) is 29.6 Å². The first-order valence-electron chi connectivity index (χ1n) is 14.7. The lowest BCUT2D eigenvalue weighted by Crippen LogP contribution is -2.51. The second kappa shape index (κ2) is 20.3. The number of carboxylic acids is 1. The molecule has 6 atom stereocenters. The second-order valence-electron chi connectivity index (χ2n) is 11.1. The van der Waals surface area contributed by atoms with Gasteiger partial charge in [0.25, 0.3) is 0 Å². The Bertz CT molecular complexity index is 1060. The third-order valence-corrected chi connectivity index (χ3v) is 8.87. The molecule has 0 aliphatic carbocycles. The number of aliphatic carboxylic acids is 1. The third kappa shape index (κ3) is 15.5. The van der Waals surface area contributed by atoms with Crippen LogP contribution in [0, 0.1) is 17.8 Å². The maximum Gasteiger partial charge on any atom is 0.372 e. The number of ketones is 3. The Morgan fingerprint density at radius 3 is 1.91 bits per heavy atom. The molecule has 0 aliphatic rings. The van der Waals surface area contributed by atoms with Crippen molar-refractivity contribution in [2.75, 3.05) is 24.6 Å². The number of hydrogen-bond acceptors (Lipinski definition) is 11. The van der Waals surface area contributed by atoms with Crippen molar-refractivity contribution in [1.82, 2.24) is 10.6 Å². The predicted octanol–water partition coefficient (Wildman–Crippen LogP) is -0.510. The summed E-state index contributed by atoms with van der Waals surface area (Å²) >= 11 is 0. The van der Waals surface area contributed by atoms with E-state index in [1.165, 1.54) is 20.8 Å². The molecule has 0 unspecified atom stereocenters. The van der Waals surface area contributed by atoms with Crippen molar-refractivity contribution in [3.05, 3.63) is 0 Å². The molecule has 0 heterocycles.